The van der Waals surface area contributed by atoms with Crippen LogP contribution in [0.1, 0.15) is 0 Å². The van der Waals surface area contributed by atoms with E-state index >= 15 is 0 Å². The molecule has 0 bridgehead atoms. The summed E-state index contributed by atoms with van der Waals surface area (Å²) in [5.74, 6) is 0. The van der Waals surface area contributed by atoms with Gasteiger partial charge in [0.1, 0.15) is 0 Å². The van der Waals surface area contributed by atoms with E-state index in [0.717, 1.165) is 0 Å². The first kappa shape index (κ1) is 19.1. The molecule has 34 heavy (non-hydrogen) atoms. The Morgan fingerprint density at radius 1 is 0.265 bits per heavy atom. The molecule has 0 heteroatoms. The molecule has 0 spiro atoms. The zero-order valence-corrected chi connectivity index (χ0v) is 18.7. The second-order valence-electron chi connectivity index (χ2n) is 8.96. The van der Waals surface area contributed by atoms with Gasteiger partial charge in [-0.3, -0.25) is 0 Å². The molecule has 0 unspecified atom stereocenters. The summed E-state index contributed by atoms with van der Waals surface area (Å²) in [7, 11) is 0. The molecule has 0 saturated heterocycles. The average Bonchev–Trinajstić information content (AvgIpc) is 2.91. The Bertz CT molecular complexity index is 1850. The van der Waals surface area contributed by atoms with Gasteiger partial charge in [0.05, 0.1) is 0 Å². The van der Waals surface area contributed by atoms with E-state index in [2.05, 4.69) is 133 Å². The van der Waals surface area contributed by atoms with E-state index in [0.29, 0.717) is 0 Å². The van der Waals surface area contributed by atoms with Crippen LogP contribution in [0.2, 0.25) is 0 Å². The molecule has 158 valence electrons. The zero-order chi connectivity index (χ0) is 22.5. The van der Waals surface area contributed by atoms with Gasteiger partial charge in [-0.05, 0) is 77.5 Å². The third-order valence-corrected chi connectivity index (χ3v) is 7.02. The Hall–Kier alpha value is -4.42. The highest BCUT2D eigenvalue weighted by Crippen LogP contribution is 2.43. The number of benzene rings is 7. The third-order valence-electron chi connectivity index (χ3n) is 7.02. The topological polar surface area (TPSA) is 0 Å². The van der Waals surface area contributed by atoms with Crippen LogP contribution in [0, 0.1) is 0 Å². The van der Waals surface area contributed by atoms with E-state index in [1.54, 1.807) is 0 Å². The largest absolute Gasteiger partial charge is 0.0616 e. The van der Waals surface area contributed by atoms with Crippen LogP contribution in [-0.4, -0.2) is 0 Å². The van der Waals surface area contributed by atoms with Gasteiger partial charge in [-0.25, -0.2) is 0 Å². The Kier molecular flexibility index (Phi) is 4.25. The van der Waals surface area contributed by atoms with Crippen LogP contribution in [0.3, 0.4) is 0 Å². The molecular formula is C34H22. The maximum Gasteiger partial charge on any atom is -0.00201 e. The second-order valence-corrected chi connectivity index (χ2v) is 8.96. The molecule has 0 aromatic heterocycles. The Morgan fingerprint density at radius 3 is 1.50 bits per heavy atom. The first-order chi connectivity index (χ1) is 16.9. The zero-order valence-electron chi connectivity index (χ0n) is 18.7. The van der Waals surface area contributed by atoms with Crippen LogP contribution >= 0.6 is 0 Å². The minimum Gasteiger partial charge on any atom is -0.0616 e. The van der Waals surface area contributed by atoms with Gasteiger partial charge in [0.15, 0.2) is 0 Å². The van der Waals surface area contributed by atoms with Crippen molar-refractivity contribution >= 4 is 43.1 Å². The standard InChI is InChI=1S/C34H22/c1-2-12-26-22-33-27(21-25(26)11-1)19-20-32(30-17-7-13-23-9-3-5-15-28(23)30)34(33)31-18-8-14-24-10-4-6-16-29(24)31/h1-22H. The molecule has 0 atom stereocenters. The van der Waals surface area contributed by atoms with Crippen molar-refractivity contribution in [3.8, 4) is 22.3 Å². The van der Waals surface area contributed by atoms with Crippen molar-refractivity contribution in [3.63, 3.8) is 0 Å². The second kappa shape index (κ2) is 7.57. The first-order valence-corrected chi connectivity index (χ1v) is 11.8. The SMILES string of the molecule is c1ccc2cc3c(-c4cccc5ccccc45)c(-c4cccc5ccccc45)ccc3cc2c1. The molecule has 7 aromatic rings. The molecule has 0 aliphatic heterocycles. The first-order valence-electron chi connectivity index (χ1n) is 11.8. The molecule has 0 fully saturated rings. The van der Waals surface area contributed by atoms with Crippen molar-refractivity contribution in [3.05, 3.63) is 133 Å². The minimum atomic E-state index is 1.27. The summed E-state index contributed by atoms with van der Waals surface area (Å²) in [5, 5.41) is 10.2. The summed E-state index contributed by atoms with van der Waals surface area (Å²) < 4.78 is 0. The average molecular weight is 431 g/mol. The molecule has 0 aliphatic carbocycles. The summed E-state index contributed by atoms with van der Waals surface area (Å²) >= 11 is 0. The van der Waals surface area contributed by atoms with Crippen LogP contribution in [0.25, 0.3) is 65.3 Å². The lowest BCUT2D eigenvalue weighted by molar-refractivity contribution is 1.65. The summed E-state index contributed by atoms with van der Waals surface area (Å²) in [6, 6.07) is 48.7. The van der Waals surface area contributed by atoms with E-state index in [4.69, 9.17) is 0 Å². The van der Waals surface area contributed by atoms with Gasteiger partial charge in [-0.15, -0.1) is 0 Å². The lowest BCUT2D eigenvalue weighted by Crippen LogP contribution is -1.91. The van der Waals surface area contributed by atoms with Crippen molar-refractivity contribution in [2.45, 2.75) is 0 Å². The van der Waals surface area contributed by atoms with Crippen LogP contribution < -0.4 is 0 Å². The molecule has 0 heterocycles. The van der Waals surface area contributed by atoms with Gasteiger partial charge in [0, 0.05) is 0 Å². The lowest BCUT2D eigenvalue weighted by Gasteiger charge is -2.18. The number of hydrogen-bond donors (Lipinski definition) is 0. The maximum atomic E-state index is 2.37. The van der Waals surface area contributed by atoms with Crippen molar-refractivity contribution in [1.82, 2.24) is 0 Å². The van der Waals surface area contributed by atoms with Crippen molar-refractivity contribution < 1.29 is 0 Å². The van der Waals surface area contributed by atoms with E-state index in [9.17, 15) is 0 Å². The Balaban J connectivity index is 1.68. The fourth-order valence-corrected chi connectivity index (χ4v) is 5.43. The highest BCUT2D eigenvalue weighted by molar-refractivity contribution is 6.15. The Morgan fingerprint density at radius 2 is 0.794 bits per heavy atom. The van der Waals surface area contributed by atoms with Crippen molar-refractivity contribution in [2.75, 3.05) is 0 Å². The third kappa shape index (κ3) is 2.93. The van der Waals surface area contributed by atoms with Crippen LogP contribution in [0.4, 0.5) is 0 Å². The molecule has 0 N–H and O–H groups in total. The lowest BCUT2D eigenvalue weighted by atomic mass is 9.85. The molecular weight excluding hydrogens is 408 g/mol. The monoisotopic (exact) mass is 430 g/mol. The summed E-state index contributed by atoms with van der Waals surface area (Å²) in [6.07, 6.45) is 0. The van der Waals surface area contributed by atoms with Gasteiger partial charge < -0.3 is 0 Å². The number of fused-ring (bicyclic) bond motifs is 4. The van der Waals surface area contributed by atoms with Crippen LogP contribution in [0.15, 0.2) is 133 Å². The number of hydrogen-bond acceptors (Lipinski definition) is 0. The normalized spacial score (nSPS) is 11.5. The fraction of sp³-hybridized carbons (Fsp3) is 0. The number of rotatable bonds is 2. The van der Waals surface area contributed by atoms with Gasteiger partial charge in [-0.1, -0.05) is 121 Å². The maximum absolute atomic E-state index is 2.37. The van der Waals surface area contributed by atoms with Gasteiger partial charge in [0.25, 0.3) is 0 Å². The summed E-state index contributed by atoms with van der Waals surface area (Å²) in [5.41, 5.74) is 5.13. The highest BCUT2D eigenvalue weighted by Gasteiger charge is 2.16. The summed E-state index contributed by atoms with van der Waals surface area (Å²) in [6.45, 7) is 0. The van der Waals surface area contributed by atoms with Gasteiger partial charge in [0.2, 0.25) is 0 Å². The Labute approximate surface area is 198 Å². The smallest absolute Gasteiger partial charge is 0.00201 e. The highest BCUT2D eigenvalue weighted by atomic mass is 14.2. The van der Waals surface area contributed by atoms with E-state index in [-0.39, 0.29) is 0 Å². The molecule has 0 radical (unpaired) electrons. The molecule has 0 nitrogen and oxygen atoms in total. The molecule has 7 aromatic carbocycles. The quantitative estimate of drug-likeness (QED) is 0.239. The van der Waals surface area contributed by atoms with E-state index in [1.165, 1.54) is 65.3 Å². The van der Waals surface area contributed by atoms with Crippen LogP contribution in [-0.2, 0) is 0 Å². The predicted octanol–water partition coefficient (Wildman–Crippen LogP) is 9.63. The molecule has 0 amide bonds. The van der Waals surface area contributed by atoms with E-state index in [1.807, 2.05) is 0 Å². The van der Waals surface area contributed by atoms with Crippen molar-refractivity contribution in [1.29, 1.82) is 0 Å². The molecule has 0 saturated carbocycles. The fourth-order valence-electron chi connectivity index (χ4n) is 5.43. The molecule has 0 aliphatic rings. The van der Waals surface area contributed by atoms with E-state index < -0.39 is 0 Å². The van der Waals surface area contributed by atoms with Crippen LogP contribution in [0.5, 0.6) is 0 Å². The predicted molar refractivity (Wildman–Crippen MR) is 147 cm³/mol. The molecule has 7 rings (SSSR count). The van der Waals surface area contributed by atoms with Gasteiger partial charge in [-0.2, -0.15) is 0 Å². The minimum absolute atomic E-state index is 1.27. The van der Waals surface area contributed by atoms with Gasteiger partial charge >= 0.3 is 0 Å². The van der Waals surface area contributed by atoms with Crippen molar-refractivity contribution in [2.24, 2.45) is 0 Å². The summed E-state index contributed by atoms with van der Waals surface area (Å²) in [4.78, 5) is 0.